The first kappa shape index (κ1) is 26.9. The first-order chi connectivity index (χ1) is 15.1. The molecule has 0 aromatic carbocycles. The Bertz CT molecular complexity index is 843. The lowest BCUT2D eigenvalue weighted by molar-refractivity contribution is -0.170. The topological polar surface area (TPSA) is 191 Å². The number of carboxylic acid groups (broad SMARTS) is 3. The third kappa shape index (κ3) is 9.78. The van der Waals surface area contributed by atoms with Crippen molar-refractivity contribution in [2.45, 2.75) is 31.5 Å². The quantitative estimate of drug-likeness (QED) is 0.285. The van der Waals surface area contributed by atoms with Gasteiger partial charge in [0.05, 0.1) is 26.6 Å². The first-order valence-corrected chi connectivity index (χ1v) is 10.1. The fourth-order valence-corrected chi connectivity index (χ4v) is 3.23. The highest BCUT2D eigenvalue weighted by atomic mass is 32.1. The number of aromatic nitrogens is 2. The van der Waals surface area contributed by atoms with Crippen molar-refractivity contribution in [3.63, 3.8) is 0 Å². The number of aliphatic carboxylic acids is 3. The molecule has 0 saturated heterocycles. The van der Waals surface area contributed by atoms with Crippen LogP contribution in [0, 0.1) is 0 Å². The minimum atomic E-state index is -2.74. The van der Waals surface area contributed by atoms with Crippen LogP contribution in [-0.4, -0.2) is 84.2 Å². The lowest BCUT2D eigenvalue weighted by atomic mass is 9.96. The molecule has 0 bridgehead atoms. The molecule has 0 aliphatic rings. The number of carboxylic acids is 3. The molecule has 2 aromatic heterocycles. The lowest BCUT2D eigenvalue weighted by Crippen LogP contribution is -2.42. The van der Waals surface area contributed by atoms with Gasteiger partial charge in [-0.2, -0.15) is 0 Å². The number of carbonyl (C=O) groups is 3. The second kappa shape index (κ2) is 13.3. The van der Waals surface area contributed by atoms with Gasteiger partial charge in [-0.3, -0.25) is 14.5 Å². The van der Waals surface area contributed by atoms with Crippen LogP contribution in [0.25, 0.3) is 0 Å². The summed E-state index contributed by atoms with van der Waals surface area (Å²) in [7, 11) is 1.55. The van der Waals surface area contributed by atoms with E-state index in [9.17, 15) is 14.4 Å². The van der Waals surface area contributed by atoms with E-state index in [4.69, 9.17) is 30.3 Å². The number of ether oxygens (including phenoxy) is 1. The largest absolute Gasteiger partial charge is 0.481 e. The average molecular weight is 471 g/mol. The fourth-order valence-electron chi connectivity index (χ4n) is 2.48. The molecule has 0 aliphatic heterocycles. The van der Waals surface area contributed by atoms with Gasteiger partial charge >= 0.3 is 23.9 Å². The summed E-state index contributed by atoms with van der Waals surface area (Å²) in [5.41, 5.74) is -1.73. The summed E-state index contributed by atoms with van der Waals surface area (Å²) in [4.78, 5) is 42.1. The molecule has 176 valence electrons. The summed E-state index contributed by atoms with van der Waals surface area (Å²) < 4.78 is 4.93. The predicted octanol–water partition coefficient (Wildman–Crippen LogP) is 0.293. The second-order valence-corrected chi connectivity index (χ2v) is 7.60. The van der Waals surface area contributed by atoms with Crippen molar-refractivity contribution in [2.24, 2.45) is 0 Å². The van der Waals surface area contributed by atoms with Crippen molar-refractivity contribution in [2.75, 3.05) is 20.3 Å². The third-order valence-electron chi connectivity index (χ3n) is 3.93. The van der Waals surface area contributed by atoms with E-state index >= 15 is 0 Å². The highest BCUT2D eigenvalue weighted by Gasteiger charge is 2.40. The summed E-state index contributed by atoms with van der Waals surface area (Å²) in [5, 5.41) is 45.0. The number of nitrogens with zero attached hydrogens (tertiary/aromatic N) is 3. The highest BCUT2D eigenvalue weighted by molar-refractivity contribution is 7.09. The number of hydrogen-bond donors (Lipinski definition) is 5. The standard InChI is InChI=1S/C13H17N3O2S.C6H8O7/c1-18-13-14-7-11(8-15-13)9-16(4-5-17)10-12-3-2-6-19-12;7-3(8)1-6(13,5(11)12)2-4(9)10/h2-3,6-8,17H,4-5,9-10H2,1H3;13H,1-2H2,(H,7,8)(H,9,10)(H,11,12). The molecular weight excluding hydrogens is 446 g/mol. The van der Waals surface area contributed by atoms with Crippen LogP contribution in [0.5, 0.6) is 6.01 Å². The van der Waals surface area contributed by atoms with Gasteiger partial charge in [-0.05, 0) is 11.4 Å². The normalized spacial score (nSPS) is 10.9. The third-order valence-corrected chi connectivity index (χ3v) is 4.79. The molecule has 0 saturated carbocycles. The lowest BCUT2D eigenvalue weighted by Gasteiger charge is -2.20. The van der Waals surface area contributed by atoms with Gasteiger partial charge in [0.2, 0.25) is 0 Å². The molecule has 12 nitrogen and oxygen atoms in total. The van der Waals surface area contributed by atoms with E-state index in [1.54, 1.807) is 30.8 Å². The Morgan fingerprint density at radius 2 is 1.69 bits per heavy atom. The van der Waals surface area contributed by atoms with Crippen molar-refractivity contribution >= 4 is 29.2 Å². The maximum atomic E-state index is 10.3. The number of thiophene rings is 1. The van der Waals surface area contributed by atoms with Crippen LogP contribution in [0.3, 0.4) is 0 Å². The second-order valence-electron chi connectivity index (χ2n) is 6.57. The number of aliphatic hydroxyl groups is 2. The van der Waals surface area contributed by atoms with E-state index in [-0.39, 0.29) is 6.61 Å². The Balaban J connectivity index is 0.000000347. The zero-order valence-electron chi connectivity index (χ0n) is 17.2. The molecule has 5 N–H and O–H groups in total. The van der Waals surface area contributed by atoms with E-state index in [0.29, 0.717) is 19.1 Å². The molecule has 0 fully saturated rings. The van der Waals surface area contributed by atoms with Crippen molar-refractivity contribution in [1.82, 2.24) is 14.9 Å². The molecule has 0 amide bonds. The molecule has 2 aromatic rings. The van der Waals surface area contributed by atoms with Crippen molar-refractivity contribution < 1.29 is 44.7 Å². The molecule has 2 heterocycles. The summed E-state index contributed by atoms with van der Waals surface area (Å²) >= 11 is 1.72. The molecule has 0 aliphatic carbocycles. The van der Waals surface area contributed by atoms with Crippen molar-refractivity contribution in [3.05, 3.63) is 40.3 Å². The number of methoxy groups -OCH3 is 1. The smallest absolute Gasteiger partial charge is 0.336 e. The molecule has 0 atom stereocenters. The Morgan fingerprint density at radius 1 is 1.09 bits per heavy atom. The summed E-state index contributed by atoms with van der Waals surface area (Å²) in [6.07, 6.45) is 1.22. The molecule has 0 spiro atoms. The maximum absolute atomic E-state index is 10.3. The van der Waals surface area contributed by atoms with E-state index < -0.39 is 36.4 Å². The highest BCUT2D eigenvalue weighted by Crippen LogP contribution is 2.16. The van der Waals surface area contributed by atoms with Gasteiger partial charge in [-0.25, -0.2) is 14.8 Å². The summed E-state index contributed by atoms with van der Waals surface area (Å²) in [5.74, 6) is -5.02. The van der Waals surface area contributed by atoms with Gasteiger partial charge in [0, 0.05) is 42.5 Å². The van der Waals surface area contributed by atoms with Crippen LogP contribution >= 0.6 is 11.3 Å². The zero-order valence-corrected chi connectivity index (χ0v) is 18.1. The molecule has 0 radical (unpaired) electrons. The first-order valence-electron chi connectivity index (χ1n) is 9.19. The summed E-state index contributed by atoms with van der Waals surface area (Å²) in [6, 6.07) is 4.50. The van der Waals surface area contributed by atoms with Gasteiger partial charge < -0.3 is 30.3 Å². The monoisotopic (exact) mass is 471 g/mol. The molecule has 13 heteroatoms. The Kier molecular flexibility index (Phi) is 11.2. The van der Waals surface area contributed by atoms with Crippen LogP contribution in [0.4, 0.5) is 0 Å². The van der Waals surface area contributed by atoms with Gasteiger partial charge in [0.1, 0.15) is 0 Å². The van der Waals surface area contributed by atoms with E-state index in [1.165, 1.54) is 4.88 Å². The molecular formula is C19H25N3O9S. The average Bonchev–Trinajstić information content (AvgIpc) is 3.21. The van der Waals surface area contributed by atoms with Gasteiger partial charge in [0.15, 0.2) is 5.60 Å². The van der Waals surface area contributed by atoms with Gasteiger partial charge in [-0.15, -0.1) is 11.3 Å². The van der Waals surface area contributed by atoms with Crippen LogP contribution in [-0.2, 0) is 27.5 Å². The van der Waals surface area contributed by atoms with E-state index in [2.05, 4.69) is 26.3 Å². The Hall–Kier alpha value is -3.13. The van der Waals surface area contributed by atoms with E-state index in [0.717, 1.165) is 12.1 Å². The SMILES string of the molecule is COc1ncc(CN(CCO)Cc2cccs2)cn1.O=C(O)CC(O)(CC(=O)O)C(=O)O. The molecule has 0 unspecified atom stereocenters. The minimum Gasteiger partial charge on any atom is -0.481 e. The Labute approximate surface area is 187 Å². The van der Waals surface area contributed by atoms with Crippen molar-refractivity contribution in [3.8, 4) is 6.01 Å². The van der Waals surface area contributed by atoms with Gasteiger partial charge in [0.25, 0.3) is 0 Å². The van der Waals surface area contributed by atoms with Crippen LogP contribution in [0.1, 0.15) is 23.3 Å². The number of aliphatic hydroxyl groups excluding tert-OH is 1. The van der Waals surface area contributed by atoms with E-state index in [1.807, 2.05) is 6.07 Å². The zero-order chi connectivity index (χ0) is 24.1. The van der Waals surface area contributed by atoms with Crippen LogP contribution in [0.2, 0.25) is 0 Å². The van der Waals surface area contributed by atoms with Gasteiger partial charge in [-0.1, -0.05) is 6.07 Å². The number of hydrogen-bond acceptors (Lipinski definition) is 10. The van der Waals surface area contributed by atoms with Crippen LogP contribution < -0.4 is 4.74 Å². The fraction of sp³-hybridized carbons (Fsp3) is 0.421. The predicted molar refractivity (Wildman–Crippen MR) is 111 cm³/mol. The Morgan fingerprint density at radius 3 is 2.09 bits per heavy atom. The maximum Gasteiger partial charge on any atom is 0.336 e. The number of rotatable bonds is 12. The van der Waals surface area contributed by atoms with Crippen molar-refractivity contribution in [1.29, 1.82) is 0 Å². The molecule has 32 heavy (non-hydrogen) atoms. The summed E-state index contributed by atoms with van der Waals surface area (Å²) in [6.45, 7) is 2.30. The molecule has 2 rings (SSSR count). The van der Waals surface area contributed by atoms with Crippen LogP contribution in [0.15, 0.2) is 29.9 Å². The minimum absolute atomic E-state index is 0.141.